The maximum Gasteiger partial charge on any atom is 0.263 e. The van der Waals surface area contributed by atoms with Gasteiger partial charge in [0.25, 0.3) is 21.8 Å². The molecule has 0 saturated carbocycles. The van der Waals surface area contributed by atoms with E-state index in [1.165, 1.54) is 28.4 Å². The molecule has 3 aromatic carbocycles. The number of carbonyl (C=O) groups is 2. The molecule has 0 fully saturated rings. The summed E-state index contributed by atoms with van der Waals surface area (Å²) in [5, 5.41) is 2.09. The number of hydrogen-bond donors (Lipinski definition) is 1. The Kier molecular flexibility index (Phi) is 5.72. The summed E-state index contributed by atoms with van der Waals surface area (Å²) in [6, 6.07) is 22.7. The lowest BCUT2D eigenvalue weighted by atomic mass is 10.1. The van der Waals surface area contributed by atoms with Crippen LogP contribution in [-0.4, -0.2) is 36.7 Å². The zero-order valence-electron chi connectivity index (χ0n) is 17.8. The van der Waals surface area contributed by atoms with E-state index in [0.29, 0.717) is 23.2 Å². The summed E-state index contributed by atoms with van der Waals surface area (Å²) >= 11 is 1.22. The quantitative estimate of drug-likeness (QED) is 0.387. The van der Waals surface area contributed by atoms with Gasteiger partial charge in [-0.15, -0.1) is 11.3 Å². The summed E-state index contributed by atoms with van der Waals surface area (Å²) in [6.45, 7) is 0.220. The van der Waals surface area contributed by atoms with Crippen molar-refractivity contribution in [3.05, 3.63) is 101 Å². The highest BCUT2D eigenvalue weighted by molar-refractivity contribution is 7.93. The van der Waals surface area contributed by atoms with Gasteiger partial charge in [-0.3, -0.25) is 19.2 Å². The molecule has 1 aliphatic heterocycles. The molecule has 170 valence electrons. The summed E-state index contributed by atoms with van der Waals surface area (Å²) in [5.74, 6) is -0.607. The van der Waals surface area contributed by atoms with Crippen LogP contribution in [-0.2, 0) is 16.4 Å². The number of carbonyl (C=O) groups excluding carboxylic acids is 2. The van der Waals surface area contributed by atoms with Gasteiger partial charge in [0.15, 0.2) is 5.13 Å². The van der Waals surface area contributed by atoms with Crippen LogP contribution >= 0.6 is 11.3 Å². The lowest BCUT2D eigenvalue weighted by molar-refractivity contribution is 0.0656. The third-order valence-corrected chi connectivity index (χ3v) is 7.77. The fourth-order valence-electron chi connectivity index (χ4n) is 3.75. The van der Waals surface area contributed by atoms with E-state index in [9.17, 15) is 18.0 Å². The molecule has 34 heavy (non-hydrogen) atoms. The summed E-state index contributed by atoms with van der Waals surface area (Å²) in [7, 11) is -3.80. The second-order valence-electron chi connectivity index (χ2n) is 7.71. The minimum Gasteiger partial charge on any atom is -0.274 e. The molecule has 5 rings (SSSR count). The lowest BCUT2D eigenvalue weighted by Crippen LogP contribution is -2.31. The Hall–Kier alpha value is -3.82. The molecule has 9 heteroatoms. The van der Waals surface area contributed by atoms with Crippen molar-refractivity contribution < 1.29 is 18.0 Å². The molecule has 4 aromatic rings. The number of amides is 2. The Morgan fingerprint density at radius 3 is 2.09 bits per heavy atom. The van der Waals surface area contributed by atoms with E-state index in [1.807, 2.05) is 30.3 Å². The van der Waals surface area contributed by atoms with Crippen LogP contribution in [0.5, 0.6) is 0 Å². The van der Waals surface area contributed by atoms with Crippen molar-refractivity contribution in [2.75, 3.05) is 11.3 Å². The van der Waals surface area contributed by atoms with Crippen molar-refractivity contribution >= 4 is 38.3 Å². The van der Waals surface area contributed by atoms with Gasteiger partial charge in [0.1, 0.15) is 0 Å². The van der Waals surface area contributed by atoms with Crippen molar-refractivity contribution in [3.63, 3.8) is 0 Å². The predicted octanol–water partition coefficient (Wildman–Crippen LogP) is 4.45. The van der Waals surface area contributed by atoms with Gasteiger partial charge in [0.05, 0.1) is 21.7 Å². The van der Waals surface area contributed by atoms with E-state index in [4.69, 9.17) is 0 Å². The minimum absolute atomic E-state index is 0.105. The second-order valence-corrected chi connectivity index (χ2v) is 10.3. The topological polar surface area (TPSA) is 96.4 Å². The zero-order chi connectivity index (χ0) is 23.7. The molecule has 0 atom stereocenters. The number of benzene rings is 3. The fourth-order valence-corrected chi connectivity index (χ4v) is 5.73. The molecule has 0 bridgehead atoms. The average molecular weight is 490 g/mol. The van der Waals surface area contributed by atoms with Crippen LogP contribution < -0.4 is 4.72 Å². The number of imide groups is 1. The van der Waals surface area contributed by atoms with Crippen molar-refractivity contribution in [3.8, 4) is 11.3 Å². The maximum atomic E-state index is 12.8. The molecule has 0 spiro atoms. The van der Waals surface area contributed by atoms with Crippen LogP contribution in [0.3, 0.4) is 0 Å². The van der Waals surface area contributed by atoms with E-state index < -0.39 is 10.0 Å². The molecular weight excluding hydrogens is 470 g/mol. The number of nitrogens with zero attached hydrogens (tertiary/aromatic N) is 2. The first-order valence-electron chi connectivity index (χ1n) is 10.5. The van der Waals surface area contributed by atoms with Gasteiger partial charge in [-0.1, -0.05) is 54.6 Å². The normalized spacial score (nSPS) is 13.2. The second kappa shape index (κ2) is 8.85. The number of thiazole rings is 1. The van der Waals surface area contributed by atoms with Crippen LogP contribution in [0.2, 0.25) is 0 Å². The van der Waals surface area contributed by atoms with Gasteiger partial charge in [-0.25, -0.2) is 13.4 Å². The van der Waals surface area contributed by atoms with Crippen LogP contribution in [0.15, 0.2) is 89.1 Å². The fraction of sp³-hybridized carbons (Fsp3) is 0.0800. The SMILES string of the molecule is O=C1c2ccccc2C(=O)N1CCc1ccc(S(=O)(=O)Nc2nc(-c3ccccc3)cs2)cc1. The summed E-state index contributed by atoms with van der Waals surface area (Å²) in [5.41, 5.74) is 3.25. The third kappa shape index (κ3) is 4.23. The molecule has 1 aromatic heterocycles. The number of rotatable bonds is 7. The molecule has 2 amide bonds. The summed E-state index contributed by atoms with van der Waals surface area (Å²) in [4.78, 5) is 30.7. The van der Waals surface area contributed by atoms with Crippen molar-refractivity contribution in [1.82, 2.24) is 9.88 Å². The lowest BCUT2D eigenvalue weighted by Gasteiger charge is -2.14. The van der Waals surface area contributed by atoms with E-state index in [2.05, 4.69) is 9.71 Å². The Morgan fingerprint density at radius 1 is 0.824 bits per heavy atom. The largest absolute Gasteiger partial charge is 0.274 e. The van der Waals surface area contributed by atoms with E-state index in [1.54, 1.807) is 41.8 Å². The van der Waals surface area contributed by atoms with Crippen LogP contribution in [0, 0.1) is 0 Å². The van der Waals surface area contributed by atoms with Crippen LogP contribution in [0.1, 0.15) is 26.3 Å². The average Bonchev–Trinajstić information content (AvgIpc) is 3.41. The van der Waals surface area contributed by atoms with Crippen molar-refractivity contribution in [1.29, 1.82) is 0 Å². The minimum atomic E-state index is -3.80. The first-order valence-corrected chi connectivity index (χ1v) is 12.9. The van der Waals surface area contributed by atoms with Gasteiger partial charge in [-0.05, 0) is 36.2 Å². The van der Waals surface area contributed by atoms with E-state index in [-0.39, 0.29) is 28.4 Å². The standard InChI is InChI=1S/C25H19N3O4S2/c29-23-20-8-4-5-9-21(20)24(30)28(23)15-14-17-10-12-19(13-11-17)34(31,32)27-25-26-22(16-33-25)18-6-2-1-3-7-18/h1-13,16H,14-15H2,(H,26,27). The molecule has 0 radical (unpaired) electrons. The molecule has 2 heterocycles. The number of hydrogen-bond acceptors (Lipinski definition) is 6. The Morgan fingerprint density at radius 2 is 1.44 bits per heavy atom. The van der Waals surface area contributed by atoms with Gasteiger partial charge >= 0.3 is 0 Å². The van der Waals surface area contributed by atoms with Crippen molar-refractivity contribution in [2.24, 2.45) is 0 Å². The first-order chi connectivity index (χ1) is 16.4. The molecule has 1 N–H and O–H groups in total. The predicted molar refractivity (Wildman–Crippen MR) is 130 cm³/mol. The zero-order valence-corrected chi connectivity index (χ0v) is 19.5. The Labute approximate surface area is 200 Å². The monoisotopic (exact) mass is 489 g/mol. The summed E-state index contributed by atoms with van der Waals surface area (Å²) in [6.07, 6.45) is 0.423. The number of fused-ring (bicyclic) bond motifs is 1. The highest BCUT2D eigenvalue weighted by Crippen LogP contribution is 2.27. The van der Waals surface area contributed by atoms with Gasteiger partial charge in [0.2, 0.25) is 0 Å². The highest BCUT2D eigenvalue weighted by Gasteiger charge is 2.34. The Bertz CT molecular complexity index is 1450. The van der Waals surface area contributed by atoms with Gasteiger partial charge in [0, 0.05) is 17.5 Å². The number of nitrogens with one attached hydrogen (secondary N) is 1. The highest BCUT2D eigenvalue weighted by atomic mass is 32.2. The number of aromatic nitrogens is 1. The third-order valence-electron chi connectivity index (χ3n) is 5.53. The summed E-state index contributed by atoms with van der Waals surface area (Å²) < 4.78 is 28.1. The van der Waals surface area contributed by atoms with Crippen LogP contribution in [0.25, 0.3) is 11.3 Å². The van der Waals surface area contributed by atoms with Crippen LogP contribution in [0.4, 0.5) is 5.13 Å². The van der Waals surface area contributed by atoms with Gasteiger partial charge < -0.3 is 0 Å². The van der Waals surface area contributed by atoms with E-state index >= 15 is 0 Å². The molecular formula is C25H19N3O4S2. The first kappa shape index (κ1) is 22.0. The van der Waals surface area contributed by atoms with E-state index in [0.717, 1.165) is 11.1 Å². The number of sulfonamides is 1. The molecule has 0 saturated heterocycles. The molecule has 1 aliphatic rings. The van der Waals surface area contributed by atoms with Crippen molar-refractivity contribution in [2.45, 2.75) is 11.3 Å². The number of anilines is 1. The molecule has 0 unspecified atom stereocenters. The Balaban J connectivity index is 1.24. The molecule has 0 aliphatic carbocycles. The van der Waals surface area contributed by atoms with Gasteiger partial charge in [-0.2, -0.15) is 0 Å². The smallest absolute Gasteiger partial charge is 0.263 e. The molecule has 7 nitrogen and oxygen atoms in total. The maximum absolute atomic E-state index is 12.8.